The van der Waals surface area contributed by atoms with Crippen molar-refractivity contribution < 1.29 is 22.7 Å². The van der Waals surface area contributed by atoms with E-state index in [0.717, 1.165) is 5.56 Å². The average Bonchev–Trinajstić information content (AvgIpc) is 2.66. The maximum atomic E-state index is 12.7. The van der Waals surface area contributed by atoms with Crippen molar-refractivity contribution >= 4 is 21.8 Å². The number of esters is 1. The molecule has 0 radical (unpaired) electrons. The molecule has 0 spiro atoms. The smallest absolute Gasteiger partial charge is 0.324 e. The highest BCUT2D eigenvalue weighted by Crippen LogP contribution is 2.17. The maximum Gasteiger partial charge on any atom is 0.324 e. The van der Waals surface area contributed by atoms with Crippen LogP contribution in [-0.2, 0) is 19.6 Å². The van der Waals surface area contributed by atoms with Crippen molar-refractivity contribution in [1.82, 2.24) is 4.72 Å². The first-order valence-electron chi connectivity index (χ1n) is 8.61. The molecular weight excluding hydrogens is 366 g/mol. The molecule has 144 valence electrons. The predicted molar refractivity (Wildman–Crippen MR) is 102 cm³/mol. The van der Waals surface area contributed by atoms with Crippen molar-refractivity contribution in [3.05, 3.63) is 65.7 Å². The standard InChI is InChI=1S/C20H23NO5S/c1-4-26-20(23)18(15(3)19(22)16-8-6-5-7-9-16)21-27(24,25)17-12-10-14(2)11-13-17/h5-13,15,18,21H,4H2,1-3H3/t15-,18+/m1/s1. The molecule has 0 amide bonds. The second-order valence-electron chi connectivity index (χ2n) is 6.18. The summed E-state index contributed by atoms with van der Waals surface area (Å²) in [4.78, 5) is 25.1. The van der Waals surface area contributed by atoms with E-state index >= 15 is 0 Å². The number of ketones is 1. The molecule has 27 heavy (non-hydrogen) atoms. The Morgan fingerprint density at radius 2 is 1.63 bits per heavy atom. The van der Waals surface area contributed by atoms with E-state index in [1.807, 2.05) is 6.92 Å². The van der Waals surface area contributed by atoms with Gasteiger partial charge in [-0.1, -0.05) is 55.0 Å². The van der Waals surface area contributed by atoms with Crippen LogP contribution in [0.3, 0.4) is 0 Å². The Morgan fingerprint density at radius 1 is 1.04 bits per heavy atom. The van der Waals surface area contributed by atoms with Gasteiger partial charge in [-0.3, -0.25) is 9.59 Å². The van der Waals surface area contributed by atoms with Crippen LogP contribution in [0.2, 0.25) is 0 Å². The molecule has 0 aliphatic rings. The topological polar surface area (TPSA) is 89.5 Å². The van der Waals surface area contributed by atoms with Crippen molar-refractivity contribution in [3.63, 3.8) is 0 Å². The van der Waals surface area contributed by atoms with Crippen LogP contribution in [0.1, 0.15) is 29.8 Å². The van der Waals surface area contributed by atoms with Crippen LogP contribution in [0.25, 0.3) is 0 Å². The highest BCUT2D eigenvalue weighted by atomic mass is 32.2. The second-order valence-corrected chi connectivity index (χ2v) is 7.90. The molecule has 1 N–H and O–H groups in total. The number of benzene rings is 2. The van der Waals surface area contributed by atoms with Gasteiger partial charge in [-0.25, -0.2) is 8.42 Å². The number of hydrogen-bond acceptors (Lipinski definition) is 5. The minimum atomic E-state index is -4.00. The quantitative estimate of drug-likeness (QED) is 0.554. The number of sulfonamides is 1. The first-order chi connectivity index (χ1) is 12.8. The Labute approximate surface area is 159 Å². The van der Waals surface area contributed by atoms with Crippen LogP contribution in [0.15, 0.2) is 59.5 Å². The Kier molecular flexibility index (Phi) is 6.87. The molecule has 0 aliphatic heterocycles. The van der Waals surface area contributed by atoms with Crippen LogP contribution >= 0.6 is 0 Å². The number of carbonyl (C=O) groups excluding carboxylic acids is 2. The Morgan fingerprint density at radius 3 is 2.19 bits per heavy atom. The van der Waals surface area contributed by atoms with E-state index in [1.165, 1.54) is 19.1 Å². The van der Waals surface area contributed by atoms with E-state index in [9.17, 15) is 18.0 Å². The van der Waals surface area contributed by atoms with Crippen molar-refractivity contribution in [2.24, 2.45) is 5.92 Å². The van der Waals surface area contributed by atoms with E-state index in [2.05, 4.69) is 4.72 Å². The molecule has 2 atom stereocenters. The van der Waals surface area contributed by atoms with Gasteiger partial charge in [-0.05, 0) is 26.0 Å². The first-order valence-corrected chi connectivity index (χ1v) is 10.1. The number of carbonyl (C=O) groups is 2. The minimum Gasteiger partial charge on any atom is -0.465 e. The third-order valence-electron chi connectivity index (χ3n) is 4.13. The number of ether oxygens (including phenoxy) is 1. The van der Waals surface area contributed by atoms with Gasteiger partial charge in [0, 0.05) is 11.5 Å². The maximum absolute atomic E-state index is 12.7. The second kappa shape index (κ2) is 8.92. The van der Waals surface area contributed by atoms with E-state index in [-0.39, 0.29) is 17.3 Å². The lowest BCUT2D eigenvalue weighted by Crippen LogP contribution is -2.48. The van der Waals surface area contributed by atoms with Crippen LogP contribution < -0.4 is 4.72 Å². The van der Waals surface area contributed by atoms with Crippen molar-refractivity contribution in [2.75, 3.05) is 6.61 Å². The molecule has 0 aliphatic carbocycles. The summed E-state index contributed by atoms with van der Waals surface area (Å²) in [6.45, 7) is 5.04. The summed E-state index contributed by atoms with van der Waals surface area (Å²) in [5.74, 6) is -2.07. The lowest BCUT2D eigenvalue weighted by atomic mass is 9.93. The lowest BCUT2D eigenvalue weighted by Gasteiger charge is -2.22. The van der Waals surface area contributed by atoms with Gasteiger partial charge in [0.2, 0.25) is 10.0 Å². The van der Waals surface area contributed by atoms with Gasteiger partial charge in [-0.15, -0.1) is 0 Å². The molecule has 0 aromatic heterocycles. The molecule has 0 unspecified atom stereocenters. The monoisotopic (exact) mass is 389 g/mol. The number of aryl methyl sites for hydroxylation is 1. The summed E-state index contributed by atoms with van der Waals surface area (Å²) in [6.07, 6.45) is 0. The summed E-state index contributed by atoms with van der Waals surface area (Å²) >= 11 is 0. The summed E-state index contributed by atoms with van der Waals surface area (Å²) in [7, 11) is -4.00. The number of Topliss-reactive ketones (excluding diaryl/α,β-unsaturated/α-hetero) is 1. The summed E-state index contributed by atoms with van der Waals surface area (Å²) < 4.78 is 32.7. The van der Waals surface area contributed by atoms with Crippen molar-refractivity contribution in [1.29, 1.82) is 0 Å². The molecular formula is C20H23NO5S. The fraction of sp³-hybridized carbons (Fsp3) is 0.300. The predicted octanol–water partition coefficient (Wildman–Crippen LogP) is 2.72. The van der Waals surface area contributed by atoms with Gasteiger partial charge in [0.1, 0.15) is 6.04 Å². The molecule has 2 aromatic carbocycles. The molecule has 6 nitrogen and oxygen atoms in total. The minimum absolute atomic E-state index is 0.0155. The lowest BCUT2D eigenvalue weighted by molar-refractivity contribution is -0.146. The molecule has 0 bridgehead atoms. The molecule has 2 aromatic rings. The highest BCUT2D eigenvalue weighted by molar-refractivity contribution is 7.89. The van der Waals surface area contributed by atoms with E-state index in [1.54, 1.807) is 49.4 Å². The van der Waals surface area contributed by atoms with Crippen LogP contribution in [0.4, 0.5) is 0 Å². The van der Waals surface area contributed by atoms with Crippen molar-refractivity contribution in [3.8, 4) is 0 Å². The molecule has 7 heteroatoms. The molecule has 0 heterocycles. The first kappa shape index (κ1) is 20.8. The van der Waals surface area contributed by atoms with Crippen LogP contribution in [-0.4, -0.2) is 32.8 Å². The molecule has 0 fully saturated rings. The number of rotatable bonds is 8. The van der Waals surface area contributed by atoms with E-state index in [0.29, 0.717) is 5.56 Å². The third kappa shape index (κ3) is 5.24. The van der Waals surface area contributed by atoms with Crippen molar-refractivity contribution in [2.45, 2.75) is 31.7 Å². The van der Waals surface area contributed by atoms with Gasteiger partial charge in [0.15, 0.2) is 5.78 Å². The zero-order chi connectivity index (χ0) is 20.0. The van der Waals surface area contributed by atoms with E-state index in [4.69, 9.17) is 4.74 Å². The van der Waals surface area contributed by atoms with Crippen LogP contribution in [0, 0.1) is 12.8 Å². The number of nitrogens with one attached hydrogen (secondary N) is 1. The van der Waals surface area contributed by atoms with Gasteiger partial charge in [0.25, 0.3) is 0 Å². The Hall–Kier alpha value is -2.51. The van der Waals surface area contributed by atoms with Gasteiger partial charge in [-0.2, -0.15) is 4.72 Å². The summed E-state index contributed by atoms with van der Waals surface area (Å²) in [5, 5.41) is 0. The highest BCUT2D eigenvalue weighted by Gasteiger charge is 2.35. The zero-order valence-corrected chi connectivity index (χ0v) is 16.3. The zero-order valence-electron chi connectivity index (χ0n) is 15.5. The third-order valence-corrected chi connectivity index (χ3v) is 5.58. The van der Waals surface area contributed by atoms with Gasteiger partial charge < -0.3 is 4.74 Å². The van der Waals surface area contributed by atoms with E-state index < -0.39 is 28.0 Å². The SMILES string of the molecule is CCOC(=O)[C@@H](NS(=O)(=O)c1ccc(C)cc1)[C@@H](C)C(=O)c1ccccc1. The molecule has 0 saturated heterocycles. The molecule has 2 rings (SSSR count). The fourth-order valence-corrected chi connectivity index (χ4v) is 3.82. The molecule has 0 saturated carbocycles. The van der Waals surface area contributed by atoms with Gasteiger partial charge >= 0.3 is 5.97 Å². The largest absolute Gasteiger partial charge is 0.465 e. The average molecular weight is 389 g/mol. The Balaban J connectivity index is 2.32. The van der Waals surface area contributed by atoms with Gasteiger partial charge in [0.05, 0.1) is 11.5 Å². The number of hydrogen-bond donors (Lipinski definition) is 1. The Bertz CT molecular complexity index is 892. The summed E-state index contributed by atoms with van der Waals surface area (Å²) in [5.41, 5.74) is 1.30. The van der Waals surface area contributed by atoms with Crippen LogP contribution in [0.5, 0.6) is 0 Å². The summed E-state index contributed by atoms with van der Waals surface area (Å²) in [6, 6.07) is 13.3. The normalized spacial score (nSPS) is 13.6. The fourth-order valence-electron chi connectivity index (χ4n) is 2.56.